The summed E-state index contributed by atoms with van der Waals surface area (Å²) in [6.07, 6.45) is 0. The van der Waals surface area contributed by atoms with Crippen LogP contribution in [0.15, 0.2) is 158 Å². The van der Waals surface area contributed by atoms with E-state index >= 15 is 0 Å². The summed E-state index contributed by atoms with van der Waals surface area (Å²) >= 11 is 0. The summed E-state index contributed by atoms with van der Waals surface area (Å²) in [6.45, 7) is 0. The van der Waals surface area contributed by atoms with Crippen molar-refractivity contribution in [3.63, 3.8) is 0 Å². The summed E-state index contributed by atoms with van der Waals surface area (Å²) in [5.41, 5.74) is 11.8. The van der Waals surface area contributed by atoms with Crippen molar-refractivity contribution in [3.05, 3.63) is 169 Å². The molecule has 0 amide bonds. The largest absolute Gasteiger partial charge is 0.309 e. The molecule has 9 rings (SSSR count). The maximum atomic E-state index is 10.1. The molecule has 0 aliphatic heterocycles. The third-order valence-electron chi connectivity index (χ3n) is 9.42. The van der Waals surface area contributed by atoms with E-state index in [9.17, 15) is 10.5 Å². The van der Waals surface area contributed by atoms with Gasteiger partial charge in [-0.25, -0.2) is 0 Å². The molecule has 4 nitrogen and oxygen atoms in total. The van der Waals surface area contributed by atoms with Crippen molar-refractivity contribution in [3.8, 4) is 45.8 Å². The molecule has 0 saturated carbocycles. The normalized spacial score (nSPS) is 11.3. The third-order valence-corrected chi connectivity index (χ3v) is 9.42. The van der Waals surface area contributed by atoms with E-state index in [4.69, 9.17) is 0 Å². The minimum Gasteiger partial charge on any atom is -0.309 e. The predicted molar refractivity (Wildman–Crippen MR) is 195 cm³/mol. The van der Waals surface area contributed by atoms with Crippen LogP contribution in [0.25, 0.3) is 77.2 Å². The number of aromatic nitrogens is 2. The van der Waals surface area contributed by atoms with Crippen molar-refractivity contribution in [1.29, 1.82) is 10.5 Å². The molecule has 0 unspecified atom stereocenters. The van der Waals surface area contributed by atoms with Gasteiger partial charge in [0.1, 0.15) is 0 Å². The van der Waals surface area contributed by atoms with Crippen LogP contribution in [-0.2, 0) is 0 Å². The Labute approximate surface area is 277 Å². The van der Waals surface area contributed by atoms with Gasteiger partial charge in [0.25, 0.3) is 0 Å². The van der Waals surface area contributed by atoms with Crippen molar-refractivity contribution in [1.82, 2.24) is 9.13 Å². The van der Waals surface area contributed by atoms with Crippen LogP contribution in [0.2, 0.25) is 0 Å². The van der Waals surface area contributed by atoms with Crippen molar-refractivity contribution < 1.29 is 0 Å². The van der Waals surface area contributed by atoms with Crippen LogP contribution in [0.1, 0.15) is 11.1 Å². The summed E-state index contributed by atoms with van der Waals surface area (Å²) in [6, 6.07) is 59.0. The first-order valence-corrected chi connectivity index (χ1v) is 15.9. The van der Waals surface area contributed by atoms with E-state index in [-0.39, 0.29) is 0 Å². The molecule has 2 heterocycles. The summed E-state index contributed by atoms with van der Waals surface area (Å²) in [5, 5.41) is 24.3. The van der Waals surface area contributed by atoms with Gasteiger partial charge in [-0.3, -0.25) is 0 Å². The van der Waals surface area contributed by atoms with Gasteiger partial charge in [-0.05, 0) is 71.8 Å². The fraction of sp³-hybridized carbons (Fsp3) is 0. The van der Waals surface area contributed by atoms with Crippen molar-refractivity contribution in [2.45, 2.75) is 0 Å². The monoisotopic (exact) mass is 610 g/mol. The Morgan fingerprint density at radius 3 is 1.58 bits per heavy atom. The standard InChI is InChI=1S/C44H26N4/c45-27-29-17-24-44-39(25-29)37-12-4-8-16-43(37)48(44)40-13-5-1-9-34(40)30-18-20-31(21-19-30)38-26-33(23-22-32(38)28-46)47-41-14-6-2-10-35(41)36-11-3-7-15-42(36)47/h1-26H. The lowest BCUT2D eigenvalue weighted by Crippen LogP contribution is -1.97. The van der Waals surface area contributed by atoms with Gasteiger partial charge in [0.05, 0.1) is 51.0 Å². The molecule has 0 N–H and O–H groups in total. The number of fused-ring (bicyclic) bond motifs is 6. The zero-order valence-electron chi connectivity index (χ0n) is 25.8. The van der Waals surface area contributed by atoms with Crippen molar-refractivity contribution in [2.75, 3.05) is 0 Å². The van der Waals surface area contributed by atoms with E-state index in [0.29, 0.717) is 11.1 Å². The minimum absolute atomic E-state index is 0.634. The van der Waals surface area contributed by atoms with Crippen LogP contribution in [0.4, 0.5) is 0 Å². The SMILES string of the molecule is N#Cc1ccc2c(c1)c1ccccc1n2-c1ccccc1-c1ccc(-c2cc(-n3c4ccccc4c4ccccc43)ccc2C#N)cc1. The molecule has 222 valence electrons. The Morgan fingerprint density at radius 1 is 0.396 bits per heavy atom. The fourth-order valence-corrected chi connectivity index (χ4v) is 7.25. The summed E-state index contributed by atoms with van der Waals surface area (Å²) < 4.78 is 4.57. The van der Waals surface area contributed by atoms with Crippen LogP contribution in [0.3, 0.4) is 0 Å². The molecule has 4 heteroatoms. The minimum atomic E-state index is 0.634. The quantitative estimate of drug-likeness (QED) is 0.199. The third kappa shape index (κ3) is 4.14. The van der Waals surface area contributed by atoms with Gasteiger partial charge in [-0.15, -0.1) is 0 Å². The van der Waals surface area contributed by atoms with Gasteiger partial charge in [0.2, 0.25) is 0 Å². The highest BCUT2D eigenvalue weighted by molar-refractivity contribution is 6.11. The number of benzene rings is 7. The molecule has 0 atom stereocenters. The Balaban J connectivity index is 1.18. The molecule has 0 radical (unpaired) electrons. The second kappa shape index (κ2) is 10.9. The van der Waals surface area contributed by atoms with Gasteiger partial charge in [-0.1, -0.05) is 97.1 Å². The number of nitrogens with zero attached hydrogens (tertiary/aromatic N) is 4. The molecule has 9 aromatic rings. The molecule has 0 bridgehead atoms. The number of para-hydroxylation sites is 4. The highest BCUT2D eigenvalue weighted by Crippen LogP contribution is 2.38. The van der Waals surface area contributed by atoms with Gasteiger partial charge in [0.15, 0.2) is 0 Å². The highest BCUT2D eigenvalue weighted by atomic mass is 15.0. The van der Waals surface area contributed by atoms with Crippen LogP contribution in [0, 0.1) is 22.7 Å². The van der Waals surface area contributed by atoms with E-state index in [0.717, 1.165) is 66.5 Å². The van der Waals surface area contributed by atoms with Crippen LogP contribution in [0.5, 0.6) is 0 Å². The fourth-order valence-electron chi connectivity index (χ4n) is 7.25. The highest BCUT2D eigenvalue weighted by Gasteiger charge is 2.17. The summed E-state index contributed by atoms with van der Waals surface area (Å²) in [5.74, 6) is 0. The number of hydrogen-bond donors (Lipinski definition) is 0. The van der Waals surface area contributed by atoms with Crippen LogP contribution >= 0.6 is 0 Å². The van der Waals surface area contributed by atoms with Gasteiger partial charge < -0.3 is 9.13 Å². The Bertz CT molecular complexity index is 2750. The Kier molecular flexibility index (Phi) is 6.22. The molecule has 0 saturated heterocycles. The van der Waals surface area contributed by atoms with E-state index in [1.807, 2.05) is 36.4 Å². The van der Waals surface area contributed by atoms with E-state index < -0.39 is 0 Å². The first kappa shape index (κ1) is 27.4. The molecule has 0 spiro atoms. The second-order valence-electron chi connectivity index (χ2n) is 12.0. The van der Waals surface area contributed by atoms with Gasteiger partial charge in [-0.2, -0.15) is 10.5 Å². The molecule has 0 fully saturated rings. The van der Waals surface area contributed by atoms with E-state index in [2.05, 4.69) is 143 Å². The van der Waals surface area contributed by atoms with Crippen molar-refractivity contribution >= 4 is 43.6 Å². The summed E-state index contributed by atoms with van der Waals surface area (Å²) in [7, 11) is 0. The molecule has 48 heavy (non-hydrogen) atoms. The second-order valence-corrected chi connectivity index (χ2v) is 12.0. The lowest BCUT2D eigenvalue weighted by molar-refractivity contribution is 1.18. The van der Waals surface area contributed by atoms with E-state index in [1.54, 1.807) is 0 Å². The topological polar surface area (TPSA) is 57.4 Å². The van der Waals surface area contributed by atoms with Crippen LogP contribution in [-0.4, -0.2) is 9.13 Å². The van der Waals surface area contributed by atoms with Crippen molar-refractivity contribution in [2.24, 2.45) is 0 Å². The lowest BCUT2D eigenvalue weighted by atomic mass is 9.96. The number of hydrogen-bond acceptors (Lipinski definition) is 2. The maximum Gasteiger partial charge on any atom is 0.0998 e. The number of nitriles is 2. The van der Waals surface area contributed by atoms with E-state index in [1.165, 1.54) is 10.8 Å². The van der Waals surface area contributed by atoms with Gasteiger partial charge in [0, 0.05) is 38.4 Å². The zero-order chi connectivity index (χ0) is 32.2. The first-order valence-electron chi connectivity index (χ1n) is 15.9. The first-order chi connectivity index (χ1) is 23.7. The molecule has 0 aliphatic rings. The zero-order valence-corrected chi connectivity index (χ0v) is 25.8. The average molecular weight is 611 g/mol. The molecule has 7 aromatic carbocycles. The predicted octanol–water partition coefficient (Wildman–Crippen LogP) is 11.0. The molecule has 2 aromatic heterocycles. The molecular formula is C44H26N4. The molecular weight excluding hydrogens is 585 g/mol. The Hall–Kier alpha value is -6.88. The Morgan fingerprint density at radius 2 is 0.938 bits per heavy atom. The number of rotatable bonds is 4. The average Bonchev–Trinajstić information content (AvgIpc) is 3.67. The van der Waals surface area contributed by atoms with Crippen LogP contribution < -0.4 is 0 Å². The summed E-state index contributed by atoms with van der Waals surface area (Å²) in [4.78, 5) is 0. The maximum absolute atomic E-state index is 10.1. The van der Waals surface area contributed by atoms with Gasteiger partial charge >= 0.3 is 0 Å². The molecule has 0 aliphatic carbocycles. The lowest BCUT2D eigenvalue weighted by Gasteiger charge is -2.15. The smallest absolute Gasteiger partial charge is 0.0998 e.